The lowest BCUT2D eigenvalue weighted by Gasteiger charge is -2.38. The summed E-state index contributed by atoms with van der Waals surface area (Å²) in [5.41, 5.74) is 0.522. The maximum atomic E-state index is 12.7. The van der Waals surface area contributed by atoms with Gasteiger partial charge in [-0.1, -0.05) is 18.6 Å². The van der Waals surface area contributed by atoms with E-state index >= 15 is 0 Å². The van der Waals surface area contributed by atoms with Gasteiger partial charge < -0.3 is 14.7 Å². The van der Waals surface area contributed by atoms with Gasteiger partial charge in [0, 0.05) is 44.7 Å². The smallest absolute Gasteiger partial charge is 0.285 e. The number of benzene rings is 1. The maximum Gasteiger partial charge on any atom is 0.285 e. The third-order valence-electron chi connectivity index (χ3n) is 5.74. The molecular weight excluding hydrogens is 380 g/mol. The van der Waals surface area contributed by atoms with Crippen molar-refractivity contribution >= 4 is 27.7 Å². The van der Waals surface area contributed by atoms with Gasteiger partial charge in [-0.2, -0.15) is 8.42 Å². The Balaban J connectivity index is 1.36. The summed E-state index contributed by atoms with van der Waals surface area (Å²) in [6.45, 7) is 2.17. The van der Waals surface area contributed by atoms with Crippen LogP contribution in [0.15, 0.2) is 33.6 Å². The van der Waals surface area contributed by atoms with E-state index in [-0.39, 0.29) is 29.2 Å². The average molecular weight is 404 g/mol. The molecule has 9 heteroatoms. The molecule has 0 radical (unpaired) electrons. The topological polar surface area (TPSA) is 90.4 Å². The molecule has 1 saturated carbocycles. The average Bonchev–Trinajstić information content (AvgIpc) is 2.92. The van der Waals surface area contributed by atoms with Crippen molar-refractivity contribution in [3.8, 4) is 0 Å². The van der Waals surface area contributed by atoms with Crippen molar-refractivity contribution in [1.29, 1.82) is 0 Å². The first-order valence-corrected chi connectivity index (χ1v) is 11.0. The van der Waals surface area contributed by atoms with E-state index in [4.69, 9.17) is 0 Å². The predicted octanol–water partition coefficient (Wildman–Crippen LogP) is 0.538. The van der Waals surface area contributed by atoms with E-state index in [1.54, 1.807) is 35.0 Å². The van der Waals surface area contributed by atoms with Crippen molar-refractivity contribution in [2.75, 3.05) is 39.8 Å². The summed E-state index contributed by atoms with van der Waals surface area (Å²) in [7, 11) is -2.03. The van der Waals surface area contributed by atoms with E-state index < -0.39 is 10.0 Å². The molecule has 2 fully saturated rings. The Kier molecular flexibility index (Phi) is 4.86. The summed E-state index contributed by atoms with van der Waals surface area (Å²) in [4.78, 5) is 30.4. The highest BCUT2D eigenvalue weighted by atomic mass is 32.2. The molecule has 0 spiro atoms. The van der Waals surface area contributed by atoms with E-state index in [9.17, 15) is 18.0 Å². The van der Waals surface area contributed by atoms with Crippen LogP contribution in [0.1, 0.15) is 24.8 Å². The summed E-state index contributed by atoms with van der Waals surface area (Å²) in [5.74, 6) is 0.596. The van der Waals surface area contributed by atoms with Crippen LogP contribution in [0.5, 0.6) is 0 Å². The Bertz CT molecular complexity index is 931. The highest BCUT2D eigenvalue weighted by Gasteiger charge is 2.34. The minimum Gasteiger partial charge on any atom is -0.349 e. The summed E-state index contributed by atoms with van der Waals surface area (Å²) in [6, 6.07) is 6.63. The van der Waals surface area contributed by atoms with Gasteiger partial charge in [0.1, 0.15) is 4.90 Å². The molecule has 2 aliphatic heterocycles. The molecule has 2 amide bonds. The van der Waals surface area contributed by atoms with Crippen LogP contribution in [0.4, 0.5) is 0 Å². The van der Waals surface area contributed by atoms with Crippen molar-refractivity contribution in [3.05, 3.63) is 29.8 Å². The van der Waals surface area contributed by atoms with Crippen LogP contribution < -0.4 is 0 Å². The molecule has 28 heavy (non-hydrogen) atoms. The standard InChI is InChI=1S/C19H24N4O4S/c1-21(18-15-7-2-3-8-16(15)28(26,27)20-18)13-17(24)22-9-11-23(12-10-22)19(25)14-5-4-6-14/h2-3,7-8,14H,4-6,9-13H2,1H3. The van der Waals surface area contributed by atoms with Gasteiger partial charge in [0.05, 0.1) is 6.54 Å². The van der Waals surface area contributed by atoms with Crippen molar-refractivity contribution in [2.45, 2.75) is 24.2 Å². The highest BCUT2D eigenvalue weighted by molar-refractivity contribution is 7.90. The van der Waals surface area contributed by atoms with Crippen LogP contribution in [-0.4, -0.2) is 80.5 Å². The second kappa shape index (κ2) is 7.20. The Morgan fingerprint density at radius 3 is 2.39 bits per heavy atom. The second-order valence-electron chi connectivity index (χ2n) is 7.58. The van der Waals surface area contributed by atoms with E-state index in [0.29, 0.717) is 37.6 Å². The van der Waals surface area contributed by atoms with Gasteiger partial charge in [-0.05, 0) is 25.0 Å². The minimum atomic E-state index is -3.71. The first-order valence-electron chi connectivity index (χ1n) is 9.59. The summed E-state index contributed by atoms with van der Waals surface area (Å²) >= 11 is 0. The summed E-state index contributed by atoms with van der Waals surface area (Å²) < 4.78 is 28.2. The Morgan fingerprint density at radius 1 is 1.11 bits per heavy atom. The van der Waals surface area contributed by atoms with Gasteiger partial charge in [0.25, 0.3) is 10.0 Å². The fourth-order valence-electron chi connectivity index (χ4n) is 3.83. The van der Waals surface area contributed by atoms with Crippen molar-refractivity contribution in [1.82, 2.24) is 14.7 Å². The fourth-order valence-corrected chi connectivity index (χ4v) is 5.08. The van der Waals surface area contributed by atoms with E-state index in [2.05, 4.69) is 4.40 Å². The molecule has 0 N–H and O–H groups in total. The zero-order valence-electron chi connectivity index (χ0n) is 15.9. The molecule has 150 valence electrons. The first-order chi connectivity index (χ1) is 13.4. The van der Waals surface area contributed by atoms with Gasteiger partial charge in [0.15, 0.2) is 5.84 Å². The zero-order valence-corrected chi connectivity index (χ0v) is 16.7. The van der Waals surface area contributed by atoms with Gasteiger partial charge in [0.2, 0.25) is 11.8 Å². The molecule has 3 aliphatic rings. The number of hydrogen-bond donors (Lipinski definition) is 0. The number of fused-ring (bicyclic) bond motifs is 1. The number of carbonyl (C=O) groups is 2. The molecule has 0 unspecified atom stereocenters. The molecule has 0 aromatic heterocycles. The number of sulfonamides is 1. The lowest BCUT2D eigenvalue weighted by molar-refractivity contribution is -0.144. The largest absolute Gasteiger partial charge is 0.349 e. The van der Waals surface area contributed by atoms with Crippen molar-refractivity contribution in [2.24, 2.45) is 10.3 Å². The fraction of sp³-hybridized carbons (Fsp3) is 0.526. The minimum absolute atomic E-state index is 0.0409. The van der Waals surface area contributed by atoms with Gasteiger partial charge in [-0.25, -0.2) is 0 Å². The second-order valence-corrected chi connectivity index (χ2v) is 9.15. The highest BCUT2D eigenvalue weighted by Crippen LogP contribution is 2.29. The molecule has 0 atom stereocenters. The third kappa shape index (κ3) is 3.39. The Labute approximate surface area is 164 Å². The monoisotopic (exact) mass is 404 g/mol. The number of amides is 2. The van der Waals surface area contributed by atoms with Crippen molar-refractivity contribution < 1.29 is 18.0 Å². The van der Waals surface area contributed by atoms with Crippen molar-refractivity contribution in [3.63, 3.8) is 0 Å². The predicted molar refractivity (Wildman–Crippen MR) is 103 cm³/mol. The van der Waals surface area contributed by atoms with Crippen LogP contribution in [0, 0.1) is 5.92 Å². The first kappa shape index (κ1) is 18.9. The van der Waals surface area contributed by atoms with E-state index in [1.807, 2.05) is 4.90 Å². The van der Waals surface area contributed by atoms with Gasteiger partial charge in [-0.3, -0.25) is 9.59 Å². The van der Waals surface area contributed by atoms with Gasteiger partial charge in [-0.15, -0.1) is 4.40 Å². The number of nitrogens with zero attached hydrogens (tertiary/aromatic N) is 4. The Hall–Kier alpha value is -2.42. The molecule has 8 nitrogen and oxygen atoms in total. The lowest BCUT2D eigenvalue weighted by atomic mass is 9.84. The number of likely N-dealkylation sites (N-methyl/N-ethyl adjacent to an activating group) is 1. The van der Waals surface area contributed by atoms with Gasteiger partial charge >= 0.3 is 0 Å². The molecule has 1 aliphatic carbocycles. The van der Waals surface area contributed by atoms with Crippen LogP contribution >= 0.6 is 0 Å². The normalized spacial score (nSPS) is 21.0. The SMILES string of the molecule is CN(CC(=O)N1CCN(C(=O)C2CCC2)CC1)C1=NS(=O)(=O)c2ccccc21. The quantitative estimate of drug-likeness (QED) is 0.733. The third-order valence-corrected chi connectivity index (χ3v) is 7.07. The molecule has 1 aromatic rings. The number of rotatable bonds is 3. The number of hydrogen-bond acceptors (Lipinski definition) is 5. The molecule has 1 aromatic carbocycles. The summed E-state index contributed by atoms with van der Waals surface area (Å²) in [6.07, 6.45) is 3.09. The van der Waals surface area contributed by atoms with E-state index in [1.165, 1.54) is 6.07 Å². The van der Waals surface area contributed by atoms with Crippen LogP contribution in [0.3, 0.4) is 0 Å². The Morgan fingerprint density at radius 2 is 1.75 bits per heavy atom. The summed E-state index contributed by atoms with van der Waals surface area (Å²) in [5, 5.41) is 0. The number of carbonyl (C=O) groups excluding carboxylic acids is 2. The molecule has 2 heterocycles. The maximum absolute atomic E-state index is 12.7. The van der Waals surface area contributed by atoms with Crippen LogP contribution in [-0.2, 0) is 19.6 Å². The molecule has 0 bridgehead atoms. The van der Waals surface area contributed by atoms with Crippen LogP contribution in [0.25, 0.3) is 0 Å². The number of piperazine rings is 1. The molecule has 1 saturated heterocycles. The van der Waals surface area contributed by atoms with E-state index in [0.717, 1.165) is 19.3 Å². The lowest BCUT2D eigenvalue weighted by Crippen LogP contribution is -2.54. The number of amidine groups is 1. The molecular formula is C19H24N4O4S. The zero-order chi connectivity index (χ0) is 19.9. The van der Waals surface area contributed by atoms with Crippen LogP contribution in [0.2, 0.25) is 0 Å². The molecule has 4 rings (SSSR count).